The minimum absolute atomic E-state index is 0.158. The van der Waals surface area contributed by atoms with Crippen LogP contribution in [-0.4, -0.2) is 5.91 Å². The van der Waals surface area contributed by atoms with Gasteiger partial charge in [-0.25, -0.2) is 0 Å². The molecule has 0 fully saturated rings. The van der Waals surface area contributed by atoms with Gasteiger partial charge in [-0.3, -0.25) is 4.79 Å². The Labute approximate surface area is 154 Å². The predicted octanol–water partition coefficient (Wildman–Crippen LogP) is 6.07. The molecule has 0 spiro atoms. The van der Waals surface area contributed by atoms with Crippen LogP contribution in [0.2, 0.25) is 10.0 Å². The lowest BCUT2D eigenvalue weighted by Gasteiger charge is -2.06. The smallest absolute Gasteiger partial charge is 0.228 e. The molecule has 25 heavy (non-hydrogen) atoms. The molecule has 3 aromatic carbocycles. The van der Waals surface area contributed by atoms with E-state index in [1.165, 1.54) is 0 Å². The summed E-state index contributed by atoms with van der Waals surface area (Å²) in [5.74, 6) is -0.158. The maximum Gasteiger partial charge on any atom is 0.228 e. The Kier molecular flexibility index (Phi) is 4.12. The molecule has 0 saturated heterocycles. The van der Waals surface area contributed by atoms with Gasteiger partial charge in [-0.15, -0.1) is 0 Å². The van der Waals surface area contributed by atoms with E-state index in [-0.39, 0.29) is 12.3 Å². The van der Waals surface area contributed by atoms with Gasteiger partial charge in [0, 0.05) is 26.7 Å². The number of rotatable bonds is 3. The molecular formula is C20H13Cl2NO2. The highest BCUT2D eigenvalue weighted by molar-refractivity contribution is 6.35. The maximum atomic E-state index is 12.4. The SMILES string of the molecule is O=C(Cc1coc2ccc3ccccc3c12)Nc1cc(Cl)cc(Cl)c1. The number of benzene rings is 3. The summed E-state index contributed by atoms with van der Waals surface area (Å²) >= 11 is 11.9. The molecule has 1 amide bonds. The molecule has 1 aromatic heterocycles. The summed E-state index contributed by atoms with van der Waals surface area (Å²) in [6, 6.07) is 16.9. The first-order valence-electron chi connectivity index (χ1n) is 7.74. The number of amides is 1. The van der Waals surface area contributed by atoms with Crippen LogP contribution in [0.15, 0.2) is 65.3 Å². The lowest BCUT2D eigenvalue weighted by molar-refractivity contribution is -0.115. The first kappa shape index (κ1) is 16.0. The van der Waals surface area contributed by atoms with Gasteiger partial charge in [-0.1, -0.05) is 53.5 Å². The van der Waals surface area contributed by atoms with Crippen LogP contribution >= 0.6 is 23.2 Å². The van der Waals surface area contributed by atoms with Crippen LogP contribution < -0.4 is 5.32 Å². The molecule has 5 heteroatoms. The molecular weight excluding hydrogens is 357 g/mol. The van der Waals surface area contributed by atoms with E-state index in [0.29, 0.717) is 15.7 Å². The van der Waals surface area contributed by atoms with Gasteiger partial charge in [0.15, 0.2) is 0 Å². The number of carbonyl (C=O) groups excluding carboxylic acids is 1. The Bertz CT molecular complexity index is 1080. The molecule has 124 valence electrons. The van der Waals surface area contributed by atoms with Crippen molar-refractivity contribution in [2.75, 3.05) is 5.32 Å². The Hall–Kier alpha value is -2.49. The van der Waals surface area contributed by atoms with Gasteiger partial charge in [-0.2, -0.15) is 0 Å². The third-order valence-electron chi connectivity index (χ3n) is 4.04. The molecule has 0 aliphatic carbocycles. The number of hydrogen-bond donors (Lipinski definition) is 1. The van der Waals surface area contributed by atoms with Gasteiger partial charge in [0.2, 0.25) is 5.91 Å². The second kappa shape index (κ2) is 6.43. The Morgan fingerprint density at radius 2 is 1.76 bits per heavy atom. The summed E-state index contributed by atoms with van der Waals surface area (Å²) in [6.07, 6.45) is 1.84. The molecule has 0 aliphatic heterocycles. The molecule has 0 atom stereocenters. The van der Waals surface area contributed by atoms with E-state index in [1.807, 2.05) is 36.4 Å². The first-order chi connectivity index (χ1) is 12.1. The second-order valence-corrected chi connectivity index (χ2v) is 6.68. The average molecular weight is 370 g/mol. The predicted molar refractivity (Wildman–Crippen MR) is 103 cm³/mol. The van der Waals surface area contributed by atoms with Gasteiger partial charge in [0.1, 0.15) is 5.58 Å². The van der Waals surface area contributed by atoms with Crippen molar-refractivity contribution in [3.8, 4) is 0 Å². The van der Waals surface area contributed by atoms with E-state index in [4.69, 9.17) is 27.6 Å². The van der Waals surface area contributed by atoms with Crippen LogP contribution in [0.5, 0.6) is 0 Å². The van der Waals surface area contributed by atoms with Gasteiger partial charge in [0.05, 0.1) is 12.7 Å². The number of halogens is 2. The van der Waals surface area contributed by atoms with Crippen LogP contribution in [0, 0.1) is 0 Å². The van der Waals surface area contributed by atoms with Gasteiger partial charge in [-0.05, 0) is 35.0 Å². The molecule has 1 N–H and O–H groups in total. The van der Waals surface area contributed by atoms with Crippen molar-refractivity contribution >= 4 is 56.5 Å². The summed E-state index contributed by atoms with van der Waals surface area (Å²) < 4.78 is 5.62. The highest BCUT2D eigenvalue weighted by Gasteiger charge is 2.13. The lowest BCUT2D eigenvalue weighted by atomic mass is 10.0. The summed E-state index contributed by atoms with van der Waals surface area (Å²) in [5.41, 5.74) is 2.19. The molecule has 0 bridgehead atoms. The molecule has 0 unspecified atom stereocenters. The number of nitrogens with one attached hydrogen (secondary N) is 1. The van der Waals surface area contributed by atoms with Crippen molar-refractivity contribution in [1.29, 1.82) is 0 Å². The zero-order chi connectivity index (χ0) is 17.4. The minimum Gasteiger partial charge on any atom is -0.464 e. The lowest BCUT2D eigenvalue weighted by Crippen LogP contribution is -2.14. The summed E-state index contributed by atoms with van der Waals surface area (Å²) in [5, 5.41) is 6.93. The van der Waals surface area contributed by atoms with E-state index in [2.05, 4.69) is 5.32 Å². The fraction of sp³-hybridized carbons (Fsp3) is 0.0500. The van der Waals surface area contributed by atoms with Crippen molar-refractivity contribution in [3.63, 3.8) is 0 Å². The van der Waals surface area contributed by atoms with E-state index in [1.54, 1.807) is 24.5 Å². The summed E-state index contributed by atoms with van der Waals surface area (Å²) in [7, 11) is 0. The van der Waals surface area contributed by atoms with Crippen molar-refractivity contribution < 1.29 is 9.21 Å². The Morgan fingerprint density at radius 3 is 2.56 bits per heavy atom. The summed E-state index contributed by atoms with van der Waals surface area (Å²) in [4.78, 5) is 12.4. The van der Waals surface area contributed by atoms with E-state index >= 15 is 0 Å². The third kappa shape index (κ3) is 3.21. The number of furan rings is 1. The van der Waals surface area contributed by atoms with Crippen LogP contribution in [0.25, 0.3) is 21.7 Å². The quantitative estimate of drug-likeness (QED) is 0.475. The number of hydrogen-bond acceptors (Lipinski definition) is 2. The normalized spacial score (nSPS) is 11.1. The van der Waals surface area contributed by atoms with Crippen LogP contribution in [0.3, 0.4) is 0 Å². The number of fused-ring (bicyclic) bond motifs is 3. The minimum atomic E-state index is -0.158. The topological polar surface area (TPSA) is 42.2 Å². The molecule has 4 aromatic rings. The summed E-state index contributed by atoms with van der Waals surface area (Å²) in [6.45, 7) is 0. The highest BCUT2D eigenvalue weighted by Crippen LogP contribution is 2.30. The fourth-order valence-electron chi connectivity index (χ4n) is 3.01. The average Bonchev–Trinajstić information content (AvgIpc) is 2.97. The Morgan fingerprint density at radius 1 is 1.00 bits per heavy atom. The van der Waals surface area contributed by atoms with E-state index in [9.17, 15) is 4.79 Å². The van der Waals surface area contributed by atoms with Gasteiger partial charge >= 0.3 is 0 Å². The molecule has 4 rings (SSSR count). The van der Waals surface area contributed by atoms with Crippen LogP contribution in [-0.2, 0) is 11.2 Å². The molecule has 0 saturated carbocycles. The standard InChI is InChI=1S/C20H13Cl2NO2/c21-14-8-15(22)10-16(9-14)23-19(24)7-13-11-25-18-6-5-12-3-1-2-4-17(12)20(13)18/h1-6,8-11H,7H2,(H,23,24). The monoisotopic (exact) mass is 369 g/mol. The zero-order valence-corrected chi connectivity index (χ0v) is 14.6. The van der Waals surface area contributed by atoms with Crippen molar-refractivity contribution in [1.82, 2.24) is 0 Å². The van der Waals surface area contributed by atoms with Crippen molar-refractivity contribution in [2.24, 2.45) is 0 Å². The highest BCUT2D eigenvalue weighted by atomic mass is 35.5. The van der Waals surface area contributed by atoms with Crippen LogP contribution in [0.4, 0.5) is 5.69 Å². The fourth-order valence-corrected chi connectivity index (χ4v) is 3.53. The third-order valence-corrected chi connectivity index (χ3v) is 4.47. The first-order valence-corrected chi connectivity index (χ1v) is 8.49. The Balaban J connectivity index is 1.66. The molecule has 1 heterocycles. The second-order valence-electron chi connectivity index (χ2n) is 5.80. The molecule has 0 radical (unpaired) electrons. The maximum absolute atomic E-state index is 12.4. The number of carbonyl (C=O) groups is 1. The molecule has 0 aliphatic rings. The van der Waals surface area contributed by atoms with Crippen molar-refractivity contribution in [3.05, 3.63) is 76.5 Å². The van der Waals surface area contributed by atoms with E-state index < -0.39 is 0 Å². The van der Waals surface area contributed by atoms with Crippen molar-refractivity contribution in [2.45, 2.75) is 6.42 Å². The molecule has 3 nitrogen and oxygen atoms in total. The van der Waals surface area contributed by atoms with Gasteiger partial charge in [0.25, 0.3) is 0 Å². The van der Waals surface area contributed by atoms with E-state index in [0.717, 1.165) is 27.3 Å². The van der Waals surface area contributed by atoms with Gasteiger partial charge < -0.3 is 9.73 Å². The van der Waals surface area contributed by atoms with Crippen LogP contribution in [0.1, 0.15) is 5.56 Å². The number of anilines is 1. The largest absolute Gasteiger partial charge is 0.464 e. The zero-order valence-electron chi connectivity index (χ0n) is 13.1.